The van der Waals surface area contributed by atoms with Gasteiger partial charge in [0, 0.05) is 6.54 Å². The van der Waals surface area contributed by atoms with Crippen LogP contribution >= 0.6 is 12.4 Å². The maximum atomic E-state index is 11.8. The monoisotopic (exact) mass is 296 g/mol. The van der Waals surface area contributed by atoms with Gasteiger partial charge in [0.1, 0.15) is 0 Å². The zero-order valence-corrected chi connectivity index (χ0v) is 13.0. The summed E-state index contributed by atoms with van der Waals surface area (Å²) in [6.07, 6.45) is 6.45. The highest BCUT2D eigenvalue weighted by molar-refractivity contribution is 5.85. The lowest BCUT2D eigenvalue weighted by molar-refractivity contribution is -0.120. The first-order chi connectivity index (χ1) is 9.29. The highest BCUT2D eigenvalue weighted by Crippen LogP contribution is 2.22. The van der Waals surface area contributed by atoms with E-state index in [-0.39, 0.29) is 18.3 Å². The Morgan fingerprint density at radius 3 is 2.65 bits per heavy atom. The van der Waals surface area contributed by atoms with Gasteiger partial charge in [-0.25, -0.2) is 0 Å². The van der Waals surface area contributed by atoms with Gasteiger partial charge in [0.25, 0.3) is 0 Å². The van der Waals surface area contributed by atoms with Gasteiger partial charge in [-0.2, -0.15) is 0 Å². The molecule has 0 saturated carbocycles. The molecule has 1 aliphatic rings. The lowest BCUT2D eigenvalue weighted by atomic mass is 9.90. The summed E-state index contributed by atoms with van der Waals surface area (Å²) in [6, 6.07) is 6.54. The fourth-order valence-electron chi connectivity index (χ4n) is 2.64. The average molecular weight is 297 g/mol. The largest absolute Gasteiger partial charge is 0.356 e. The van der Waals surface area contributed by atoms with E-state index in [2.05, 4.69) is 28.8 Å². The van der Waals surface area contributed by atoms with Crippen LogP contribution in [0.25, 0.3) is 0 Å². The van der Waals surface area contributed by atoms with Crippen LogP contribution in [0.5, 0.6) is 0 Å². The Bertz CT molecular complexity index is 434. The van der Waals surface area contributed by atoms with E-state index in [1.165, 1.54) is 36.8 Å². The number of amides is 1. The SMILES string of the molecule is CNCCCNC(=O)Cc1ccc2c(c1)CCCC2.Cl. The molecule has 1 aromatic carbocycles. The van der Waals surface area contributed by atoms with E-state index in [0.717, 1.165) is 25.1 Å². The van der Waals surface area contributed by atoms with Crippen LogP contribution in [-0.4, -0.2) is 26.0 Å². The van der Waals surface area contributed by atoms with E-state index in [0.29, 0.717) is 6.42 Å². The van der Waals surface area contributed by atoms with E-state index in [4.69, 9.17) is 0 Å². The number of nitrogens with one attached hydrogen (secondary N) is 2. The third kappa shape index (κ3) is 5.14. The molecule has 1 amide bonds. The molecule has 1 aromatic rings. The fourth-order valence-corrected chi connectivity index (χ4v) is 2.64. The van der Waals surface area contributed by atoms with E-state index in [1.807, 2.05) is 7.05 Å². The van der Waals surface area contributed by atoms with Crippen molar-refractivity contribution in [1.29, 1.82) is 0 Å². The van der Waals surface area contributed by atoms with Crippen LogP contribution in [0.1, 0.15) is 36.0 Å². The Hall–Kier alpha value is -1.06. The van der Waals surface area contributed by atoms with Gasteiger partial charge in [-0.05, 0) is 62.4 Å². The number of fused-ring (bicyclic) bond motifs is 1. The fraction of sp³-hybridized carbons (Fsp3) is 0.562. The predicted octanol–water partition coefficient (Wildman–Crippen LogP) is 2.26. The number of rotatable bonds is 6. The summed E-state index contributed by atoms with van der Waals surface area (Å²) in [5.41, 5.74) is 4.07. The molecule has 0 aromatic heterocycles. The molecule has 3 nitrogen and oxygen atoms in total. The Morgan fingerprint density at radius 1 is 1.15 bits per heavy atom. The van der Waals surface area contributed by atoms with Gasteiger partial charge >= 0.3 is 0 Å². The maximum absolute atomic E-state index is 11.8. The van der Waals surface area contributed by atoms with Crippen molar-refractivity contribution < 1.29 is 4.79 Å². The van der Waals surface area contributed by atoms with Crippen molar-refractivity contribution in [3.63, 3.8) is 0 Å². The van der Waals surface area contributed by atoms with Crippen molar-refractivity contribution in [3.8, 4) is 0 Å². The molecule has 0 unspecified atom stereocenters. The van der Waals surface area contributed by atoms with Gasteiger partial charge < -0.3 is 10.6 Å². The van der Waals surface area contributed by atoms with Crippen molar-refractivity contribution in [1.82, 2.24) is 10.6 Å². The van der Waals surface area contributed by atoms with Gasteiger partial charge in [-0.1, -0.05) is 18.2 Å². The molecule has 2 N–H and O–H groups in total. The van der Waals surface area contributed by atoms with Gasteiger partial charge in [0.2, 0.25) is 5.91 Å². The molecule has 4 heteroatoms. The standard InChI is InChI=1S/C16H24N2O.ClH/c1-17-9-4-10-18-16(19)12-13-7-8-14-5-2-3-6-15(14)11-13;/h7-8,11,17H,2-6,9-10,12H2,1H3,(H,18,19);1H. The second-order valence-corrected chi connectivity index (χ2v) is 5.29. The molecular formula is C16H25ClN2O. The molecule has 0 atom stereocenters. The van der Waals surface area contributed by atoms with Gasteiger partial charge in [-0.15, -0.1) is 12.4 Å². The molecular weight excluding hydrogens is 272 g/mol. The van der Waals surface area contributed by atoms with Crippen molar-refractivity contribution >= 4 is 18.3 Å². The summed E-state index contributed by atoms with van der Waals surface area (Å²) < 4.78 is 0. The van der Waals surface area contributed by atoms with Gasteiger partial charge in [-0.3, -0.25) is 4.79 Å². The summed E-state index contributed by atoms with van der Waals surface area (Å²) in [5.74, 6) is 0.131. The van der Waals surface area contributed by atoms with Crippen LogP contribution in [-0.2, 0) is 24.1 Å². The minimum Gasteiger partial charge on any atom is -0.356 e. The van der Waals surface area contributed by atoms with Crippen LogP contribution in [0, 0.1) is 0 Å². The topological polar surface area (TPSA) is 41.1 Å². The number of benzene rings is 1. The molecule has 0 bridgehead atoms. The zero-order chi connectivity index (χ0) is 13.5. The molecule has 2 rings (SSSR count). The molecule has 0 aliphatic heterocycles. The predicted molar refractivity (Wildman–Crippen MR) is 85.6 cm³/mol. The third-order valence-electron chi connectivity index (χ3n) is 3.70. The summed E-state index contributed by atoms with van der Waals surface area (Å²) in [5, 5.41) is 6.04. The second kappa shape index (κ2) is 8.98. The number of carbonyl (C=O) groups is 1. The Balaban J connectivity index is 0.00000200. The van der Waals surface area contributed by atoms with Crippen LogP contribution in [0.15, 0.2) is 18.2 Å². The number of aryl methyl sites for hydroxylation is 2. The summed E-state index contributed by atoms with van der Waals surface area (Å²) in [4.78, 5) is 11.8. The molecule has 0 heterocycles. The number of hydrogen-bond acceptors (Lipinski definition) is 2. The Labute approximate surface area is 127 Å². The lowest BCUT2D eigenvalue weighted by Crippen LogP contribution is -2.28. The van der Waals surface area contributed by atoms with Gasteiger partial charge in [0.15, 0.2) is 0 Å². The van der Waals surface area contributed by atoms with Gasteiger partial charge in [0.05, 0.1) is 6.42 Å². The van der Waals surface area contributed by atoms with Crippen LogP contribution in [0.4, 0.5) is 0 Å². The number of hydrogen-bond donors (Lipinski definition) is 2. The smallest absolute Gasteiger partial charge is 0.224 e. The molecule has 1 aliphatic carbocycles. The highest BCUT2D eigenvalue weighted by atomic mass is 35.5. The Morgan fingerprint density at radius 2 is 1.90 bits per heavy atom. The summed E-state index contributed by atoms with van der Waals surface area (Å²) >= 11 is 0. The Kier molecular flexibility index (Phi) is 7.63. The minimum atomic E-state index is 0. The van der Waals surface area contributed by atoms with E-state index in [1.54, 1.807) is 0 Å². The first kappa shape index (κ1) is 17.0. The third-order valence-corrected chi connectivity index (χ3v) is 3.70. The minimum absolute atomic E-state index is 0. The maximum Gasteiger partial charge on any atom is 0.224 e. The normalized spacial score (nSPS) is 13.2. The quantitative estimate of drug-likeness (QED) is 0.791. The highest BCUT2D eigenvalue weighted by Gasteiger charge is 2.10. The average Bonchev–Trinajstić information content (AvgIpc) is 2.43. The summed E-state index contributed by atoms with van der Waals surface area (Å²) in [6.45, 7) is 1.70. The second-order valence-electron chi connectivity index (χ2n) is 5.29. The van der Waals surface area contributed by atoms with Crippen LogP contribution in [0.3, 0.4) is 0 Å². The van der Waals surface area contributed by atoms with Crippen molar-refractivity contribution in [2.75, 3.05) is 20.1 Å². The first-order valence-electron chi connectivity index (χ1n) is 7.31. The van der Waals surface area contributed by atoms with Crippen molar-refractivity contribution in [3.05, 3.63) is 34.9 Å². The molecule has 0 spiro atoms. The molecule has 0 saturated heterocycles. The molecule has 0 fully saturated rings. The first-order valence-corrected chi connectivity index (χ1v) is 7.31. The van der Waals surface area contributed by atoms with Crippen LogP contribution in [0.2, 0.25) is 0 Å². The van der Waals surface area contributed by atoms with E-state index < -0.39 is 0 Å². The number of halogens is 1. The van der Waals surface area contributed by atoms with Crippen molar-refractivity contribution in [2.45, 2.75) is 38.5 Å². The summed E-state index contributed by atoms with van der Waals surface area (Å²) in [7, 11) is 1.93. The molecule has 112 valence electrons. The van der Waals surface area contributed by atoms with E-state index >= 15 is 0 Å². The van der Waals surface area contributed by atoms with Crippen LogP contribution < -0.4 is 10.6 Å². The van der Waals surface area contributed by atoms with E-state index in [9.17, 15) is 4.79 Å². The zero-order valence-electron chi connectivity index (χ0n) is 12.2. The molecule has 0 radical (unpaired) electrons. The van der Waals surface area contributed by atoms with Crippen molar-refractivity contribution in [2.24, 2.45) is 0 Å². The molecule has 20 heavy (non-hydrogen) atoms. The number of carbonyl (C=O) groups excluding carboxylic acids is 1. The lowest BCUT2D eigenvalue weighted by Gasteiger charge is -2.16.